The molecule has 2 aromatic carbocycles. The maximum atomic E-state index is 13.2. The van der Waals surface area contributed by atoms with Crippen LogP contribution in [0, 0.1) is 0 Å². The van der Waals surface area contributed by atoms with Crippen LogP contribution >= 0.6 is 0 Å². The lowest BCUT2D eigenvalue weighted by atomic mass is 10.1. The zero-order chi connectivity index (χ0) is 17.4. The number of aromatic nitrogens is 2. The van der Waals surface area contributed by atoms with Crippen LogP contribution in [-0.2, 0) is 16.4 Å². The Morgan fingerprint density at radius 1 is 1.00 bits per heavy atom. The first-order valence-electron chi connectivity index (χ1n) is 8.00. The van der Waals surface area contributed by atoms with Gasteiger partial charge in [0.25, 0.3) is 10.0 Å². The molecule has 0 aliphatic heterocycles. The number of nitrogens with zero attached hydrogens (tertiary/aromatic N) is 2. The maximum absolute atomic E-state index is 13.2. The molecular weight excluding hydrogens is 334 g/mol. The van der Waals surface area contributed by atoms with E-state index < -0.39 is 10.0 Å². The molecule has 0 fully saturated rings. The molecule has 0 saturated carbocycles. The highest BCUT2D eigenvalue weighted by molar-refractivity contribution is 7.90. The topological polar surface area (TPSA) is 78.0 Å². The van der Waals surface area contributed by atoms with E-state index in [1.807, 2.05) is 30.3 Å². The van der Waals surface area contributed by atoms with Gasteiger partial charge in [-0.25, -0.2) is 12.4 Å². The van der Waals surface area contributed by atoms with Crippen molar-refractivity contribution >= 4 is 31.8 Å². The summed E-state index contributed by atoms with van der Waals surface area (Å²) < 4.78 is 27.7. The van der Waals surface area contributed by atoms with Crippen molar-refractivity contribution in [3.8, 4) is 0 Å². The summed E-state index contributed by atoms with van der Waals surface area (Å²) in [4.78, 5) is 4.59. The molecule has 4 rings (SSSR count). The Balaban J connectivity index is 1.94. The van der Waals surface area contributed by atoms with Crippen LogP contribution in [0.4, 0.5) is 0 Å². The van der Waals surface area contributed by atoms with Gasteiger partial charge in [-0.1, -0.05) is 30.3 Å². The molecule has 0 spiro atoms. The molecule has 0 aliphatic carbocycles. The van der Waals surface area contributed by atoms with E-state index in [9.17, 15) is 8.42 Å². The molecule has 2 heterocycles. The van der Waals surface area contributed by atoms with Crippen LogP contribution in [0.15, 0.2) is 71.9 Å². The molecule has 2 N–H and O–H groups in total. The molecule has 0 bridgehead atoms. The van der Waals surface area contributed by atoms with Crippen molar-refractivity contribution in [3.05, 3.63) is 72.6 Å². The van der Waals surface area contributed by atoms with Gasteiger partial charge in [0.2, 0.25) is 0 Å². The lowest BCUT2D eigenvalue weighted by Gasteiger charge is -2.08. The maximum Gasteiger partial charge on any atom is 0.268 e. The predicted octanol–water partition coefficient (Wildman–Crippen LogP) is 2.93. The van der Waals surface area contributed by atoms with Crippen molar-refractivity contribution < 1.29 is 8.42 Å². The van der Waals surface area contributed by atoms with Gasteiger partial charge < -0.3 is 5.73 Å². The highest BCUT2D eigenvalue weighted by Crippen LogP contribution is 2.26. The molecule has 0 saturated heterocycles. The summed E-state index contributed by atoms with van der Waals surface area (Å²) in [6.07, 6.45) is 3.87. The number of hydrogen-bond donors (Lipinski definition) is 1. The zero-order valence-corrected chi connectivity index (χ0v) is 14.3. The van der Waals surface area contributed by atoms with Gasteiger partial charge >= 0.3 is 0 Å². The first-order chi connectivity index (χ1) is 12.1. The van der Waals surface area contributed by atoms with E-state index in [4.69, 9.17) is 5.73 Å². The summed E-state index contributed by atoms with van der Waals surface area (Å²) in [5.74, 6) is 0. The molecule has 0 atom stereocenters. The van der Waals surface area contributed by atoms with Crippen LogP contribution in [0.5, 0.6) is 0 Å². The van der Waals surface area contributed by atoms with E-state index in [1.54, 1.807) is 36.7 Å². The first-order valence-corrected chi connectivity index (χ1v) is 9.44. The Morgan fingerprint density at radius 3 is 2.60 bits per heavy atom. The molecule has 0 unspecified atom stereocenters. The summed E-state index contributed by atoms with van der Waals surface area (Å²) in [7, 11) is -3.72. The van der Waals surface area contributed by atoms with E-state index in [0.29, 0.717) is 24.0 Å². The minimum absolute atomic E-state index is 0.256. The second kappa shape index (κ2) is 5.98. The fourth-order valence-corrected chi connectivity index (χ4v) is 4.49. The minimum Gasteiger partial charge on any atom is -0.330 e. The Morgan fingerprint density at radius 2 is 1.80 bits per heavy atom. The third kappa shape index (κ3) is 2.59. The van der Waals surface area contributed by atoms with Crippen LogP contribution in [0.25, 0.3) is 21.8 Å². The standard InChI is InChI=1S/C19H17N3O2S/c20-10-9-16-13-22(18-6-3-11-21-19(16)18)25(23,24)17-8-7-14-4-1-2-5-15(14)12-17/h1-8,11-13H,9-10,20H2. The summed E-state index contributed by atoms with van der Waals surface area (Å²) in [6.45, 7) is 0.436. The molecule has 0 radical (unpaired) electrons. The van der Waals surface area contributed by atoms with E-state index in [2.05, 4.69) is 4.98 Å². The van der Waals surface area contributed by atoms with Crippen molar-refractivity contribution in [1.82, 2.24) is 8.96 Å². The van der Waals surface area contributed by atoms with Crippen molar-refractivity contribution in [1.29, 1.82) is 0 Å². The largest absolute Gasteiger partial charge is 0.330 e. The average molecular weight is 351 g/mol. The third-order valence-electron chi connectivity index (χ3n) is 4.29. The average Bonchev–Trinajstić information content (AvgIpc) is 3.01. The Bertz CT molecular complexity index is 1180. The number of rotatable bonds is 4. The van der Waals surface area contributed by atoms with Gasteiger partial charge in [-0.2, -0.15) is 0 Å². The number of benzene rings is 2. The van der Waals surface area contributed by atoms with E-state index >= 15 is 0 Å². The highest BCUT2D eigenvalue weighted by atomic mass is 32.2. The van der Waals surface area contributed by atoms with Crippen LogP contribution in [0.3, 0.4) is 0 Å². The van der Waals surface area contributed by atoms with Crippen LogP contribution in [0.1, 0.15) is 5.56 Å². The SMILES string of the molecule is NCCc1cn(S(=O)(=O)c2ccc3ccccc3c2)c2cccnc12. The molecule has 2 aromatic heterocycles. The van der Waals surface area contributed by atoms with Crippen molar-refractivity contribution in [2.45, 2.75) is 11.3 Å². The van der Waals surface area contributed by atoms with Crippen molar-refractivity contribution in [2.75, 3.05) is 6.54 Å². The summed E-state index contributed by atoms with van der Waals surface area (Å²) in [5.41, 5.74) is 7.74. The normalized spacial score (nSPS) is 12.0. The summed E-state index contributed by atoms with van der Waals surface area (Å²) in [6, 6.07) is 16.4. The lowest BCUT2D eigenvalue weighted by molar-refractivity contribution is 0.589. The third-order valence-corrected chi connectivity index (χ3v) is 5.96. The molecule has 0 amide bonds. The monoisotopic (exact) mass is 351 g/mol. The highest BCUT2D eigenvalue weighted by Gasteiger charge is 2.21. The van der Waals surface area contributed by atoms with E-state index in [1.165, 1.54) is 3.97 Å². The molecule has 0 aliphatic rings. The summed E-state index contributed by atoms with van der Waals surface area (Å²) >= 11 is 0. The van der Waals surface area contributed by atoms with Gasteiger partial charge in [-0.15, -0.1) is 0 Å². The van der Waals surface area contributed by atoms with Gasteiger partial charge in [0.05, 0.1) is 15.9 Å². The van der Waals surface area contributed by atoms with Gasteiger partial charge in [0, 0.05) is 12.4 Å². The van der Waals surface area contributed by atoms with Crippen LogP contribution in [0.2, 0.25) is 0 Å². The number of hydrogen-bond acceptors (Lipinski definition) is 4. The lowest BCUT2D eigenvalue weighted by Crippen LogP contribution is -2.12. The molecule has 126 valence electrons. The van der Waals surface area contributed by atoms with Gasteiger partial charge in [-0.05, 0) is 53.6 Å². The van der Waals surface area contributed by atoms with Crippen LogP contribution in [-0.4, -0.2) is 23.9 Å². The molecule has 25 heavy (non-hydrogen) atoms. The van der Waals surface area contributed by atoms with Gasteiger partial charge in [0.15, 0.2) is 0 Å². The number of nitrogens with two attached hydrogens (primary N) is 1. The zero-order valence-electron chi connectivity index (χ0n) is 13.5. The Hall–Kier alpha value is -2.70. The Labute approximate surface area is 145 Å². The Kier molecular flexibility index (Phi) is 3.78. The van der Waals surface area contributed by atoms with Crippen molar-refractivity contribution in [3.63, 3.8) is 0 Å². The number of pyridine rings is 1. The minimum atomic E-state index is -3.72. The quantitative estimate of drug-likeness (QED) is 0.613. The van der Waals surface area contributed by atoms with Gasteiger partial charge in [-0.3, -0.25) is 4.98 Å². The smallest absolute Gasteiger partial charge is 0.268 e. The molecule has 6 heteroatoms. The molecular formula is C19H17N3O2S. The predicted molar refractivity (Wildman–Crippen MR) is 99.0 cm³/mol. The fraction of sp³-hybridized carbons (Fsp3) is 0.105. The second-order valence-corrected chi connectivity index (χ2v) is 7.69. The first kappa shape index (κ1) is 15.8. The van der Waals surface area contributed by atoms with E-state index in [0.717, 1.165) is 16.3 Å². The number of fused-ring (bicyclic) bond motifs is 2. The molecule has 5 nitrogen and oxygen atoms in total. The summed E-state index contributed by atoms with van der Waals surface area (Å²) in [5, 5.41) is 1.89. The fourth-order valence-electron chi connectivity index (χ4n) is 3.07. The van der Waals surface area contributed by atoms with Crippen molar-refractivity contribution in [2.24, 2.45) is 5.73 Å². The van der Waals surface area contributed by atoms with E-state index in [-0.39, 0.29) is 4.90 Å². The van der Waals surface area contributed by atoms with Crippen LogP contribution < -0.4 is 5.73 Å². The van der Waals surface area contributed by atoms with Gasteiger partial charge in [0.1, 0.15) is 0 Å². The second-order valence-electron chi connectivity index (χ2n) is 5.87. The molecule has 4 aromatic rings.